The number of nitrogens with zero attached hydrogens (tertiary/aromatic N) is 4. The van der Waals surface area contributed by atoms with Gasteiger partial charge in [-0.25, -0.2) is 4.68 Å². The first-order valence-corrected chi connectivity index (χ1v) is 6.07. The Balaban J connectivity index is 1.77. The van der Waals surface area contributed by atoms with Gasteiger partial charge in [0.15, 0.2) is 0 Å². The zero-order valence-corrected chi connectivity index (χ0v) is 10.2. The predicted molar refractivity (Wildman–Crippen MR) is 67.1 cm³/mol. The van der Waals surface area contributed by atoms with Crippen molar-refractivity contribution in [2.24, 2.45) is 0 Å². The van der Waals surface area contributed by atoms with Gasteiger partial charge in [-0.05, 0) is 12.1 Å². The highest BCUT2D eigenvalue weighted by atomic mass is 16.2. The molecule has 2 amide bonds. The molecule has 1 saturated heterocycles. The van der Waals surface area contributed by atoms with Crippen molar-refractivity contribution in [2.45, 2.75) is 6.54 Å². The van der Waals surface area contributed by atoms with Crippen molar-refractivity contribution < 1.29 is 9.59 Å². The van der Waals surface area contributed by atoms with Crippen LogP contribution in [0.3, 0.4) is 0 Å². The van der Waals surface area contributed by atoms with Gasteiger partial charge >= 0.3 is 0 Å². The Kier molecular flexibility index (Phi) is 2.86. The zero-order chi connectivity index (χ0) is 13.2. The molecule has 0 saturated carbocycles. The minimum absolute atomic E-state index is 0.105. The Hall–Kier alpha value is -2.44. The van der Waals surface area contributed by atoms with E-state index in [4.69, 9.17) is 0 Å². The van der Waals surface area contributed by atoms with Crippen molar-refractivity contribution in [3.8, 4) is 0 Å². The lowest BCUT2D eigenvalue weighted by Gasteiger charge is -2.26. The van der Waals surface area contributed by atoms with E-state index in [1.54, 1.807) is 4.68 Å². The van der Waals surface area contributed by atoms with Gasteiger partial charge in [0.1, 0.15) is 12.1 Å². The monoisotopic (exact) mass is 259 g/mol. The average molecular weight is 259 g/mol. The summed E-state index contributed by atoms with van der Waals surface area (Å²) in [7, 11) is 0. The van der Waals surface area contributed by atoms with E-state index < -0.39 is 0 Å². The third-order valence-corrected chi connectivity index (χ3v) is 3.10. The molecule has 7 nitrogen and oxygen atoms in total. The molecule has 0 aliphatic carbocycles. The van der Waals surface area contributed by atoms with Crippen LogP contribution < -0.4 is 5.32 Å². The minimum atomic E-state index is -0.122. The molecule has 1 N–H and O–H groups in total. The van der Waals surface area contributed by atoms with Crippen LogP contribution in [-0.4, -0.2) is 51.3 Å². The molecular weight excluding hydrogens is 246 g/mol. The number of rotatable bonds is 2. The number of fused-ring (bicyclic) bond motifs is 1. The average Bonchev–Trinajstić information content (AvgIpc) is 2.82. The van der Waals surface area contributed by atoms with Crippen molar-refractivity contribution in [3.05, 3.63) is 24.3 Å². The van der Waals surface area contributed by atoms with Gasteiger partial charge in [-0.15, -0.1) is 5.10 Å². The summed E-state index contributed by atoms with van der Waals surface area (Å²) in [6.45, 7) is 1.26. The van der Waals surface area contributed by atoms with Gasteiger partial charge in [-0.1, -0.05) is 17.3 Å². The topological polar surface area (TPSA) is 80.1 Å². The van der Waals surface area contributed by atoms with Gasteiger partial charge in [0.25, 0.3) is 0 Å². The molecule has 0 radical (unpaired) electrons. The number of piperazine rings is 1. The quantitative estimate of drug-likeness (QED) is 0.780. The highest BCUT2D eigenvalue weighted by molar-refractivity contribution is 5.86. The van der Waals surface area contributed by atoms with E-state index in [0.717, 1.165) is 11.0 Å². The fourth-order valence-electron chi connectivity index (χ4n) is 2.11. The molecule has 1 aromatic heterocycles. The molecule has 98 valence electrons. The molecule has 1 aromatic carbocycles. The Labute approximate surface area is 109 Å². The Morgan fingerprint density at radius 3 is 3.05 bits per heavy atom. The summed E-state index contributed by atoms with van der Waals surface area (Å²) in [5, 5.41) is 10.7. The molecule has 1 fully saturated rings. The summed E-state index contributed by atoms with van der Waals surface area (Å²) in [6.07, 6.45) is 0. The summed E-state index contributed by atoms with van der Waals surface area (Å²) in [6, 6.07) is 7.46. The molecule has 2 heterocycles. The molecule has 0 unspecified atom stereocenters. The van der Waals surface area contributed by atoms with Gasteiger partial charge in [-0.3, -0.25) is 9.59 Å². The molecule has 0 spiro atoms. The number of aromatic nitrogens is 3. The Morgan fingerprint density at radius 2 is 2.21 bits per heavy atom. The second-order valence-electron chi connectivity index (χ2n) is 4.40. The van der Waals surface area contributed by atoms with Gasteiger partial charge in [0.05, 0.1) is 12.1 Å². The number of nitrogens with one attached hydrogen (secondary N) is 1. The van der Waals surface area contributed by atoms with Crippen LogP contribution in [0.15, 0.2) is 24.3 Å². The molecule has 7 heteroatoms. The van der Waals surface area contributed by atoms with Crippen LogP contribution in [0.4, 0.5) is 0 Å². The number of amides is 2. The first-order chi connectivity index (χ1) is 9.24. The van der Waals surface area contributed by atoms with Gasteiger partial charge in [0, 0.05) is 13.1 Å². The van der Waals surface area contributed by atoms with Crippen LogP contribution in [0.5, 0.6) is 0 Å². The fraction of sp³-hybridized carbons (Fsp3) is 0.333. The number of para-hydroxylation sites is 1. The van der Waals surface area contributed by atoms with Crippen LogP contribution in [0, 0.1) is 0 Å². The highest BCUT2D eigenvalue weighted by Gasteiger charge is 2.21. The lowest BCUT2D eigenvalue weighted by molar-refractivity contribution is -0.138. The van der Waals surface area contributed by atoms with Gasteiger partial charge in [-0.2, -0.15) is 0 Å². The second-order valence-corrected chi connectivity index (χ2v) is 4.40. The standard InChI is InChI=1S/C12H13N5O2/c18-11-7-16(6-5-13-11)12(19)8-17-10-4-2-1-3-9(10)14-15-17/h1-4H,5-8H2,(H,13,18). The summed E-state index contributed by atoms with van der Waals surface area (Å²) in [4.78, 5) is 24.9. The Bertz CT molecular complexity index is 636. The van der Waals surface area contributed by atoms with Crippen LogP contribution in [-0.2, 0) is 16.1 Å². The lowest BCUT2D eigenvalue weighted by Crippen LogP contribution is -2.50. The van der Waals surface area contributed by atoms with E-state index in [2.05, 4.69) is 15.6 Å². The summed E-state index contributed by atoms with van der Waals surface area (Å²) >= 11 is 0. The lowest BCUT2D eigenvalue weighted by atomic mass is 10.3. The van der Waals surface area contributed by atoms with Crippen molar-refractivity contribution in [2.75, 3.05) is 19.6 Å². The second kappa shape index (κ2) is 4.68. The zero-order valence-electron chi connectivity index (χ0n) is 10.2. The minimum Gasteiger partial charge on any atom is -0.353 e. The molecule has 19 heavy (non-hydrogen) atoms. The third-order valence-electron chi connectivity index (χ3n) is 3.10. The third kappa shape index (κ3) is 2.26. The maximum atomic E-state index is 12.1. The smallest absolute Gasteiger partial charge is 0.244 e. The molecular formula is C12H13N5O2. The maximum absolute atomic E-state index is 12.1. The van der Waals surface area contributed by atoms with Crippen molar-refractivity contribution in [1.29, 1.82) is 0 Å². The molecule has 3 rings (SSSR count). The Morgan fingerprint density at radius 1 is 1.37 bits per heavy atom. The van der Waals surface area contributed by atoms with Crippen molar-refractivity contribution in [3.63, 3.8) is 0 Å². The van der Waals surface area contributed by atoms with Crippen molar-refractivity contribution in [1.82, 2.24) is 25.2 Å². The number of carbonyl (C=O) groups excluding carboxylic acids is 2. The number of hydrogen-bond donors (Lipinski definition) is 1. The van der Waals surface area contributed by atoms with E-state index >= 15 is 0 Å². The van der Waals surface area contributed by atoms with Crippen molar-refractivity contribution >= 4 is 22.8 Å². The molecule has 2 aromatic rings. The molecule has 0 atom stereocenters. The van der Waals surface area contributed by atoms with Crippen LogP contribution >= 0.6 is 0 Å². The SMILES string of the molecule is O=C1CN(C(=O)Cn2nnc3ccccc32)CCN1. The maximum Gasteiger partial charge on any atom is 0.244 e. The van der Waals surface area contributed by atoms with Crippen LogP contribution in [0.25, 0.3) is 11.0 Å². The highest BCUT2D eigenvalue weighted by Crippen LogP contribution is 2.10. The summed E-state index contributed by atoms with van der Waals surface area (Å²) in [5.41, 5.74) is 1.57. The van der Waals surface area contributed by atoms with E-state index in [-0.39, 0.29) is 24.9 Å². The van der Waals surface area contributed by atoms with Gasteiger partial charge < -0.3 is 10.2 Å². The predicted octanol–water partition coefficient (Wildman–Crippen LogP) is -0.610. The summed E-state index contributed by atoms with van der Waals surface area (Å²) < 4.78 is 1.56. The van der Waals surface area contributed by atoms with E-state index in [1.807, 2.05) is 24.3 Å². The molecule has 0 bridgehead atoms. The number of hydrogen-bond acceptors (Lipinski definition) is 4. The van der Waals surface area contributed by atoms with Crippen LogP contribution in [0.2, 0.25) is 0 Å². The largest absolute Gasteiger partial charge is 0.353 e. The van der Waals surface area contributed by atoms with E-state index in [9.17, 15) is 9.59 Å². The number of benzene rings is 1. The van der Waals surface area contributed by atoms with E-state index in [0.29, 0.717) is 13.1 Å². The molecule has 1 aliphatic rings. The summed E-state index contributed by atoms with van der Waals surface area (Å²) in [5.74, 6) is -0.242. The van der Waals surface area contributed by atoms with Crippen LogP contribution in [0.1, 0.15) is 0 Å². The normalized spacial score (nSPS) is 15.6. The number of carbonyl (C=O) groups is 2. The van der Waals surface area contributed by atoms with E-state index in [1.165, 1.54) is 4.90 Å². The first kappa shape index (κ1) is 11.6. The fourth-order valence-corrected chi connectivity index (χ4v) is 2.11. The first-order valence-electron chi connectivity index (χ1n) is 6.07. The molecule has 1 aliphatic heterocycles. The van der Waals surface area contributed by atoms with Gasteiger partial charge in [0.2, 0.25) is 11.8 Å².